The van der Waals surface area contributed by atoms with Crippen LogP contribution < -0.4 is 15.8 Å². The molecule has 1 aliphatic carbocycles. The van der Waals surface area contributed by atoms with Gasteiger partial charge in [-0.05, 0) is 37.1 Å². The zero-order chi connectivity index (χ0) is 15.5. The average molecular weight is 319 g/mol. The SMILES string of the molecule is COc1ccc(NC(=O)CSc2nnc(N)n2C2CC2)cc1. The maximum atomic E-state index is 12.0. The summed E-state index contributed by atoms with van der Waals surface area (Å²) in [6.45, 7) is 0. The number of nitrogens with two attached hydrogens (primary N) is 1. The van der Waals surface area contributed by atoms with Crippen LogP contribution in [-0.2, 0) is 4.79 Å². The Bertz CT molecular complexity index is 666. The second-order valence-corrected chi connectivity index (χ2v) is 5.95. The number of ether oxygens (including phenoxy) is 1. The topological polar surface area (TPSA) is 95.1 Å². The van der Waals surface area contributed by atoms with Crippen LogP contribution in [0.4, 0.5) is 11.6 Å². The fourth-order valence-electron chi connectivity index (χ4n) is 2.06. The number of benzene rings is 1. The minimum Gasteiger partial charge on any atom is -0.497 e. The largest absolute Gasteiger partial charge is 0.497 e. The Kier molecular flexibility index (Phi) is 4.19. The molecule has 0 unspecified atom stereocenters. The standard InChI is InChI=1S/C14H17N5O2S/c1-21-11-6-2-9(3-7-11)16-12(20)8-22-14-18-17-13(15)19(14)10-4-5-10/h2-3,6-7,10H,4-5,8H2,1H3,(H2,15,17)(H,16,20). The summed E-state index contributed by atoms with van der Waals surface area (Å²) in [5.74, 6) is 1.33. The smallest absolute Gasteiger partial charge is 0.234 e. The van der Waals surface area contributed by atoms with E-state index in [4.69, 9.17) is 10.5 Å². The van der Waals surface area contributed by atoms with Crippen LogP contribution in [0.25, 0.3) is 0 Å². The monoisotopic (exact) mass is 319 g/mol. The van der Waals surface area contributed by atoms with Crippen LogP contribution in [0, 0.1) is 0 Å². The second-order valence-electron chi connectivity index (χ2n) is 5.01. The van der Waals surface area contributed by atoms with E-state index in [0.29, 0.717) is 17.1 Å². The van der Waals surface area contributed by atoms with Crippen molar-refractivity contribution in [2.45, 2.75) is 24.0 Å². The van der Waals surface area contributed by atoms with Crippen molar-refractivity contribution in [3.63, 3.8) is 0 Å². The molecule has 1 aromatic carbocycles. The van der Waals surface area contributed by atoms with E-state index >= 15 is 0 Å². The lowest BCUT2D eigenvalue weighted by Crippen LogP contribution is -2.14. The molecule has 1 saturated carbocycles. The van der Waals surface area contributed by atoms with Gasteiger partial charge in [0.05, 0.1) is 12.9 Å². The van der Waals surface area contributed by atoms with Gasteiger partial charge in [0, 0.05) is 11.7 Å². The fraction of sp³-hybridized carbons (Fsp3) is 0.357. The van der Waals surface area contributed by atoms with Gasteiger partial charge in [0.15, 0.2) is 5.16 Å². The molecule has 0 saturated heterocycles. The molecule has 0 spiro atoms. The van der Waals surface area contributed by atoms with Gasteiger partial charge >= 0.3 is 0 Å². The van der Waals surface area contributed by atoms with Gasteiger partial charge in [0.25, 0.3) is 0 Å². The first-order chi connectivity index (χ1) is 10.7. The molecule has 2 aromatic rings. The third kappa shape index (κ3) is 3.33. The van der Waals surface area contributed by atoms with E-state index in [-0.39, 0.29) is 11.7 Å². The molecule has 7 nitrogen and oxygen atoms in total. The predicted octanol–water partition coefficient (Wildman–Crippen LogP) is 1.93. The highest BCUT2D eigenvalue weighted by molar-refractivity contribution is 7.99. The van der Waals surface area contributed by atoms with E-state index in [2.05, 4.69) is 15.5 Å². The highest BCUT2D eigenvalue weighted by atomic mass is 32.2. The average Bonchev–Trinajstić information content (AvgIpc) is 3.29. The number of nitrogens with one attached hydrogen (secondary N) is 1. The van der Waals surface area contributed by atoms with Crippen molar-refractivity contribution in [3.8, 4) is 5.75 Å². The van der Waals surface area contributed by atoms with Gasteiger partial charge in [-0.1, -0.05) is 11.8 Å². The number of nitrogen functional groups attached to an aromatic ring is 1. The summed E-state index contributed by atoms with van der Waals surface area (Å²) in [7, 11) is 1.60. The maximum absolute atomic E-state index is 12.0. The minimum atomic E-state index is -0.0981. The number of rotatable bonds is 6. The van der Waals surface area contributed by atoms with Gasteiger partial charge in [-0.25, -0.2) is 0 Å². The maximum Gasteiger partial charge on any atom is 0.234 e. The van der Waals surface area contributed by atoms with Crippen molar-refractivity contribution in [2.24, 2.45) is 0 Å². The Morgan fingerprint density at radius 1 is 1.41 bits per heavy atom. The Hall–Kier alpha value is -2.22. The summed E-state index contributed by atoms with van der Waals surface area (Å²) in [6, 6.07) is 7.58. The normalized spacial score (nSPS) is 13.9. The fourth-order valence-corrected chi connectivity index (χ4v) is 2.88. The highest BCUT2D eigenvalue weighted by Gasteiger charge is 2.29. The molecule has 1 amide bonds. The third-order valence-electron chi connectivity index (χ3n) is 3.31. The van der Waals surface area contributed by atoms with Gasteiger partial charge < -0.3 is 15.8 Å². The summed E-state index contributed by atoms with van der Waals surface area (Å²) < 4.78 is 6.98. The molecule has 8 heteroatoms. The van der Waals surface area contributed by atoms with Crippen molar-refractivity contribution in [3.05, 3.63) is 24.3 Å². The van der Waals surface area contributed by atoms with Gasteiger partial charge in [0.1, 0.15) is 5.75 Å². The Balaban J connectivity index is 1.56. The van der Waals surface area contributed by atoms with E-state index in [0.717, 1.165) is 24.3 Å². The number of nitrogens with zero attached hydrogens (tertiary/aromatic N) is 3. The molecular weight excluding hydrogens is 302 g/mol. The van der Waals surface area contributed by atoms with Crippen molar-refractivity contribution in [1.82, 2.24) is 14.8 Å². The van der Waals surface area contributed by atoms with Crippen molar-refractivity contribution >= 4 is 29.3 Å². The van der Waals surface area contributed by atoms with Crippen LogP contribution in [0.2, 0.25) is 0 Å². The van der Waals surface area contributed by atoms with Crippen molar-refractivity contribution in [2.75, 3.05) is 23.9 Å². The molecule has 3 N–H and O–H groups in total. The number of thioether (sulfide) groups is 1. The van der Waals surface area contributed by atoms with Gasteiger partial charge in [-0.3, -0.25) is 9.36 Å². The van der Waals surface area contributed by atoms with Crippen LogP contribution in [-0.4, -0.2) is 33.5 Å². The number of carbonyl (C=O) groups is 1. The molecule has 1 aliphatic rings. The molecule has 0 bridgehead atoms. The van der Waals surface area contributed by atoms with E-state index in [9.17, 15) is 4.79 Å². The van der Waals surface area contributed by atoms with E-state index in [1.807, 2.05) is 4.57 Å². The first kappa shape index (κ1) is 14.7. The number of aromatic nitrogens is 3. The minimum absolute atomic E-state index is 0.0981. The van der Waals surface area contributed by atoms with Gasteiger partial charge in [-0.15, -0.1) is 10.2 Å². The molecule has 1 fully saturated rings. The molecule has 3 rings (SSSR count). The molecule has 0 aliphatic heterocycles. The van der Waals surface area contributed by atoms with Crippen LogP contribution in [0.5, 0.6) is 5.75 Å². The summed E-state index contributed by atoms with van der Waals surface area (Å²) in [6.07, 6.45) is 2.18. The molecule has 116 valence electrons. The van der Waals surface area contributed by atoms with E-state index in [1.165, 1.54) is 11.8 Å². The molecule has 22 heavy (non-hydrogen) atoms. The number of carbonyl (C=O) groups excluding carboxylic acids is 1. The highest BCUT2D eigenvalue weighted by Crippen LogP contribution is 2.39. The molecule has 0 radical (unpaired) electrons. The van der Waals surface area contributed by atoms with Crippen molar-refractivity contribution in [1.29, 1.82) is 0 Å². The summed E-state index contributed by atoms with van der Waals surface area (Å²) >= 11 is 1.34. The number of hydrogen-bond donors (Lipinski definition) is 2. The van der Waals surface area contributed by atoms with E-state index < -0.39 is 0 Å². The summed E-state index contributed by atoms with van der Waals surface area (Å²) in [5.41, 5.74) is 6.53. The van der Waals surface area contributed by atoms with Crippen LogP contribution in [0.1, 0.15) is 18.9 Å². The molecule has 0 atom stereocenters. The first-order valence-corrected chi connectivity index (χ1v) is 7.93. The molecule has 1 aromatic heterocycles. The number of hydrogen-bond acceptors (Lipinski definition) is 6. The Labute approximate surface area is 132 Å². The lowest BCUT2D eigenvalue weighted by Gasteiger charge is -2.07. The van der Waals surface area contributed by atoms with Gasteiger partial charge in [-0.2, -0.15) is 0 Å². The lowest BCUT2D eigenvalue weighted by molar-refractivity contribution is -0.113. The van der Waals surface area contributed by atoms with Crippen molar-refractivity contribution < 1.29 is 9.53 Å². The number of amides is 1. The lowest BCUT2D eigenvalue weighted by atomic mass is 10.3. The second kappa shape index (κ2) is 6.27. The first-order valence-electron chi connectivity index (χ1n) is 6.94. The third-order valence-corrected chi connectivity index (χ3v) is 4.25. The Morgan fingerprint density at radius 3 is 2.77 bits per heavy atom. The molecule has 1 heterocycles. The molecular formula is C14H17N5O2S. The summed E-state index contributed by atoms with van der Waals surface area (Å²) in [5, 5.41) is 11.4. The number of methoxy groups -OCH3 is 1. The predicted molar refractivity (Wildman–Crippen MR) is 85.1 cm³/mol. The zero-order valence-corrected chi connectivity index (χ0v) is 13.0. The van der Waals surface area contributed by atoms with Crippen LogP contribution >= 0.6 is 11.8 Å². The van der Waals surface area contributed by atoms with Crippen LogP contribution in [0.15, 0.2) is 29.4 Å². The van der Waals surface area contributed by atoms with Gasteiger partial charge in [0.2, 0.25) is 11.9 Å². The zero-order valence-electron chi connectivity index (χ0n) is 12.2. The Morgan fingerprint density at radius 2 is 2.14 bits per heavy atom. The number of anilines is 2. The van der Waals surface area contributed by atoms with E-state index in [1.54, 1.807) is 31.4 Å². The quantitative estimate of drug-likeness (QED) is 0.790. The van der Waals surface area contributed by atoms with Crippen LogP contribution in [0.3, 0.4) is 0 Å². The summed E-state index contributed by atoms with van der Waals surface area (Å²) in [4.78, 5) is 12.0.